The fourth-order valence-electron chi connectivity index (χ4n) is 4.08. The van der Waals surface area contributed by atoms with Gasteiger partial charge in [-0.25, -0.2) is 0 Å². The van der Waals surface area contributed by atoms with Crippen molar-refractivity contribution in [3.8, 4) is 5.75 Å². The summed E-state index contributed by atoms with van der Waals surface area (Å²) < 4.78 is 10.6. The van der Waals surface area contributed by atoms with Gasteiger partial charge in [-0.3, -0.25) is 19.3 Å². The Kier molecular flexibility index (Phi) is 8.46. The molecule has 2 atom stereocenters. The summed E-state index contributed by atoms with van der Waals surface area (Å²) in [4.78, 5) is 38.5. The van der Waals surface area contributed by atoms with Crippen LogP contribution in [0.1, 0.15) is 31.7 Å². The fraction of sp³-hybridized carbons (Fsp3) is 0.522. The molecule has 3 rings (SSSR count). The van der Waals surface area contributed by atoms with Crippen LogP contribution in [0.3, 0.4) is 0 Å². The summed E-state index contributed by atoms with van der Waals surface area (Å²) >= 11 is 0. The highest BCUT2D eigenvalue weighted by molar-refractivity contribution is 5.83. The summed E-state index contributed by atoms with van der Waals surface area (Å²) in [6.45, 7) is 2.76. The van der Waals surface area contributed by atoms with Crippen molar-refractivity contribution < 1.29 is 23.9 Å². The summed E-state index contributed by atoms with van der Waals surface area (Å²) in [7, 11) is 0. The lowest BCUT2D eigenvalue weighted by Crippen LogP contribution is -2.57. The van der Waals surface area contributed by atoms with Crippen LogP contribution in [0.5, 0.6) is 5.75 Å². The Morgan fingerprint density at radius 1 is 1.29 bits per heavy atom. The molecule has 2 heterocycles. The van der Waals surface area contributed by atoms with Crippen molar-refractivity contribution in [3.05, 3.63) is 42.0 Å². The third kappa shape index (κ3) is 6.82. The minimum Gasteiger partial charge on any atom is -0.483 e. The van der Waals surface area contributed by atoms with Gasteiger partial charge in [-0.1, -0.05) is 30.4 Å². The van der Waals surface area contributed by atoms with E-state index in [9.17, 15) is 14.4 Å². The number of hydrogen-bond acceptors (Lipinski definition) is 6. The van der Waals surface area contributed by atoms with Crippen LogP contribution in [0.2, 0.25) is 0 Å². The number of hydrogen-bond donors (Lipinski definition) is 2. The van der Waals surface area contributed by atoms with Crippen LogP contribution in [0.4, 0.5) is 0 Å². The highest BCUT2D eigenvalue weighted by Crippen LogP contribution is 2.23. The highest BCUT2D eigenvalue weighted by Gasteiger charge is 2.33. The zero-order valence-electron chi connectivity index (χ0n) is 18.0. The number of benzene rings is 1. The molecule has 168 valence electrons. The van der Waals surface area contributed by atoms with E-state index in [2.05, 4.69) is 27.7 Å². The number of piperidine rings is 1. The number of carbonyl (C=O) groups excluding carboxylic acids is 3. The van der Waals surface area contributed by atoms with Gasteiger partial charge >= 0.3 is 5.97 Å². The van der Waals surface area contributed by atoms with Crippen LogP contribution in [0.15, 0.2) is 36.4 Å². The molecule has 2 amide bonds. The molecule has 0 aromatic heterocycles. The van der Waals surface area contributed by atoms with Gasteiger partial charge in [0.25, 0.3) is 5.91 Å². The van der Waals surface area contributed by atoms with E-state index in [1.165, 1.54) is 0 Å². The first-order valence-electron chi connectivity index (χ1n) is 10.9. The molecular formula is C23H31N3O5. The van der Waals surface area contributed by atoms with Crippen LogP contribution in [0, 0.1) is 0 Å². The molecule has 2 N–H and O–H groups in total. The second-order valence-electron chi connectivity index (χ2n) is 7.74. The Hall–Kier alpha value is -2.87. The van der Waals surface area contributed by atoms with E-state index >= 15 is 0 Å². The van der Waals surface area contributed by atoms with Gasteiger partial charge in [0, 0.05) is 12.1 Å². The summed E-state index contributed by atoms with van der Waals surface area (Å²) in [6, 6.07) is 7.65. The Morgan fingerprint density at radius 3 is 2.97 bits per heavy atom. The number of nitrogens with zero attached hydrogens (tertiary/aromatic N) is 1. The summed E-state index contributed by atoms with van der Waals surface area (Å²) in [5.74, 6) is -0.118. The normalized spacial score (nSPS) is 22.9. The molecule has 0 aliphatic carbocycles. The van der Waals surface area contributed by atoms with Crippen LogP contribution >= 0.6 is 0 Å². The maximum Gasteiger partial charge on any atom is 0.325 e. The van der Waals surface area contributed by atoms with Crippen molar-refractivity contribution in [1.82, 2.24) is 15.5 Å². The van der Waals surface area contributed by atoms with Crippen molar-refractivity contribution in [2.45, 2.75) is 44.7 Å². The van der Waals surface area contributed by atoms with E-state index in [4.69, 9.17) is 9.47 Å². The smallest absolute Gasteiger partial charge is 0.325 e. The Balaban J connectivity index is 1.67. The van der Waals surface area contributed by atoms with Gasteiger partial charge in [-0.15, -0.1) is 0 Å². The van der Waals surface area contributed by atoms with Crippen LogP contribution in [0.25, 0.3) is 0 Å². The van der Waals surface area contributed by atoms with E-state index in [1.54, 1.807) is 6.92 Å². The lowest BCUT2D eigenvalue weighted by molar-refractivity contribution is -0.143. The van der Waals surface area contributed by atoms with Gasteiger partial charge in [0.15, 0.2) is 6.61 Å². The van der Waals surface area contributed by atoms with Crippen molar-refractivity contribution >= 4 is 17.8 Å². The Labute approximate surface area is 183 Å². The number of allylic oxidation sites excluding steroid dienone is 1. The molecule has 1 aromatic carbocycles. The van der Waals surface area contributed by atoms with Crippen molar-refractivity contribution in [2.75, 3.05) is 32.8 Å². The van der Waals surface area contributed by atoms with Gasteiger partial charge in [0.1, 0.15) is 12.3 Å². The zero-order chi connectivity index (χ0) is 22.1. The highest BCUT2D eigenvalue weighted by atomic mass is 16.5. The number of fused-ring (bicyclic) bond motifs is 2. The number of nitrogens with one attached hydrogen (secondary N) is 2. The second kappa shape index (κ2) is 11.5. The molecular weight excluding hydrogens is 398 g/mol. The molecule has 2 aliphatic heterocycles. The van der Waals surface area contributed by atoms with Gasteiger partial charge < -0.3 is 20.1 Å². The number of ether oxygens (including phenoxy) is 2. The molecule has 1 saturated heterocycles. The summed E-state index contributed by atoms with van der Waals surface area (Å²) in [5, 5.41) is 5.71. The first-order chi connectivity index (χ1) is 15.1. The molecule has 8 nitrogen and oxygen atoms in total. The fourth-order valence-corrected chi connectivity index (χ4v) is 4.08. The van der Waals surface area contributed by atoms with Gasteiger partial charge in [0.2, 0.25) is 5.91 Å². The molecule has 0 spiro atoms. The summed E-state index contributed by atoms with van der Waals surface area (Å²) in [6.07, 6.45) is 7.38. The van der Waals surface area contributed by atoms with E-state index < -0.39 is 5.97 Å². The average molecular weight is 430 g/mol. The molecule has 31 heavy (non-hydrogen) atoms. The molecule has 1 fully saturated rings. The van der Waals surface area contributed by atoms with Gasteiger partial charge in [-0.05, 0) is 50.8 Å². The molecule has 0 radical (unpaired) electrons. The minimum atomic E-state index is -0.450. The number of rotatable bonds is 5. The van der Waals surface area contributed by atoms with Crippen LogP contribution in [-0.2, 0) is 25.5 Å². The third-order valence-corrected chi connectivity index (χ3v) is 5.54. The van der Waals surface area contributed by atoms with Gasteiger partial charge in [0.05, 0.1) is 13.2 Å². The predicted octanol–water partition coefficient (Wildman–Crippen LogP) is 1.20. The standard InChI is InChI=1S/C23H31N3O5/c1-2-30-23(29)14-24-21(27)15-26-13-7-10-18-19(26)11-5-3-8-17-9-4-6-12-20(17)31-16-22(28)25-18/h3-6,9,12,18-19H,2,7-8,10-11,13-16H2,1H3,(H,24,27)(H,25,28)/b5-3+/t18-,19-/m1/s1. The molecule has 0 unspecified atom stereocenters. The number of likely N-dealkylation sites (tertiary alicyclic amines) is 1. The van der Waals surface area contributed by atoms with Gasteiger partial charge in [-0.2, -0.15) is 0 Å². The SMILES string of the molecule is CCOC(=O)CNC(=O)CN1CCC[C@H]2NC(=O)COc3ccccc3C/C=C/C[C@H]21. The maximum atomic E-state index is 12.5. The molecule has 0 bridgehead atoms. The van der Waals surface area contributed by atoms with Crippen LogP contribution < -0.4 is 15.4 Å². The van der Waals surface area contributed by atoms with Crippen molar-refractivity contribution in [1.29, 1.82) is 0 Å². The first-order valence-corrected chi connectivity index (χ1v) is 10.9. The molecule has 0 saturated carbocycles. The van der Waals surface area contributed by atoms with E-state index in [0.29, 0.717) is 0 Å². The Morgan fingerprint density at radius 2 is 2.13 bits per heavy atom. The van der Waals surface area contributed by atoms with E-state index in [0.717, 1.165) is 43.5 Å². The maximum absolute atomic E-state index is 12.5. The number of carbonyl (C=O) groups is 3. The lowest BCUT2D eigenvalue weighted by Gasteiger charge is -2.41. The quantitative estimate of drug-likeness (QED) is 0.539. The van der Waals surface area contributed by atoms with E-state index in [1.807, 2.05) is 24.3 Å². The first kappa shape index (κ1) is 22.8. The molecule has 1 aromatic rings. The largest absolute Gasteiger partial charge is 0.483 e. The summed E-state index contributed by atoms with van der Waals surface area (Å²) in [5.41, 5.74) is 1.03. The lowest BCUT2D eigenvalue weighted by atomic mass is 9.92. The van der Waals surface area contributed by atoms with E-state index in [-0.39, 0.29) is 50.2 Å². The monoisotopic (exact) mass is 429 g/mol. The number of esters is 1. The van der Waals surface area contributed by atoms with Crippen molar-refractivity contribution in [3.63, 3.8) is 0 Å². The molecule has 8 heteroatoms. The van der Waals surface area contributed by atoms with Crippen LogP contribution in [-0.4, -0.2) is 67.6 Å². The van der Waals surface area contributed by atoms with Crippen molar-refractivity contribution in [2.24, 2.45) is 0 Å². The minimum absolute atomic E-state index is 0.00281. The topological polar surface area (TPSA) is 97.0 Å². The zero-order valence-corrected chi connectivity index (χ0v) is 18.0. The predicted molar refractivity (Wildman–Crippen MR) is 116 cm³/mol. The number of para-hydroxylation sites is 1. The third-order valence-electron chi connectivity index (χ3n) is 5.54. The second-order valence-corrected chi connectivity index (χ2v) is 7.74. The molecule has 2 aliphatic rings. The Bertz CT molecular complexity index is 810. The average Bonchev–Trinajstić information content (AvgIpc) is 2.75. The number of amides is 2.